The summed E-state index contributed by atoms with van der Waals surface area (Å²) >= 11 is 0. The number of pyridine rings is 1. The summed E-state index contributed by atoms with van der Waals surface area (Å²) in [7, 11) is 0. The van der Waals surface area contributed by atoms with Crippen molar-refractivity contribution in [1.82, 2.24) is 9.61 Å². The van der Waals surface area contributed by atoms with E-state index in [1.165, 1.54) is 5.56 Å². The average Bonchev–Trinajstić information content (AvgIpc) is 2.60. The summed E-state index contributed by atoms with van der Waals surface area (Å²) in [5.74, 6) is 0.458. The molecule has 0 atom stereocenters. The standard InChI is InChI=1S/C14H20N2O/c1-9(2)11-8-15-16-10(3)12(14(4,5)17)6-7-13(11)16/h6-9,17H,1-5H3. The molecule has 0 bridgehead atoms. The van der Waals surface area contributed by atoms with Crippen LogP contribution >= 0.6 is 0 Å². The van der Waals surface area contributed by atoms with Crippen LogP contribution in [0.5, 0.6) is 0 Å². The Balaban J connectivity index is 2.71. The zero-order valence-electron chi connectivity index (χ0n) is 11.2. The lowest BCUT2D eigenvalue weighted by molar-refractivity contribution is 0.0773. The van der Waals surface area contributed by atoms with E-state index in [1.54, 1.807) is 13.8 Å². The van der Waals surface area contributed by atoms with Gasteiger partial charge in [-0.1, -0.05) is 19.9 Å². The van der Waals surface area contributed by atoms with Gasteiger partial charge in [-0.15, -0.1) is 0 Å². The van der Waals surface area contributed by atoms with Crippen molar-refractivity contribution in [2.24, 2.45) is 0 Å². The second-order valence-electron chi connectivity index (χ2n) is 5.44. The molecule has 0 aromatic carbocycles. The van der Waals surface area contributed by atoms with Crippen molar-refractivity contribution in [1.29, 1.82) is 0 Å². The Hall–Kier alpha value is -1.35. The van der Waals surface area contributed by atoms with Crippen LogP contribution in [0.15, 0.2) is 18.3 Å². The van der Waals surface area contributed by atoms with Crippen molar-refractivity contribution in [3.63, 3.8) is 0 Å². The van der Waals surface area contributed by atoms with Crippen LogP contribution in [0.3, 0.4) is 0 Å². The summed E-state index contributed by atoms with van der Waals surface area (Å²) in [6.07, 6.45) is 1.92. The maximum Gasteiger partial charge on any atom is 0.0858 e. The Kier molecular flexibility index (Phi) is 2.74. The molecular formula is C14H20N2O. The lowest BCUT2D eigenvalue weighted by Gasteiger charge is -2.20. The summed E-state index contributed by atoms with van der Waals surface area (Å²) in [4.78, 5) is 0. The second-order valence-corrected chi connectivity index (χ2v) is 5.44. The maximum absolute atomic E-state index is 10.1. The van der Waals surface area contributed by atoms with Crippen LogP contribution in [-0.4, -0.2) is 14.7 Å². The number of rotatable bonds is 2. The minimum Gasteiger partial charge on any atom is -0.386 e. The molecule has 3 nitrogen and oxygen atoms in total. The lowest BCUT2D eigenvalue weighted by atomic mass is 9.96. The molecule has 92 valence electrons. The molecule has 2 aromatic rings. The van der Waals surface area contributed by atoms with E-state index in [9.17, 15) is 5.11 Å². The van der Waals surface area contributed by atoms with Crippen LogP contribution in [0.2, 0.25) is 0 Å². The number of aromatic nitrogens is 2. The molecular weight excluding hydrogens is 212 g/mol. The molecule has 2 heterocycles. The van der Waals surface area contributed by atoms with Gasteiger partial charge < -0.3 is 5.11 Å². The molecule has 0 aliphatic heterocycles. The number of aliphatic hydroxyl groups is 1. The van der Waals surface area contributed by atoms with Crippen LogP contribution < -0.4 is 0 Å². The molecule has 0 aliphatic rings. The van der Waals surface area contributed by atoms with Crippen molar-refractivity contribution in [3.8, 4) is 0 Å². The molecule has 2 rings (SSSR count). The Bertz CT molecular complexity index is 547. The number of hydrogen-bond donors (Lipinski definition) is 1. The summed E-state index contributed by atoms with van der Waals surface area (Å²) in [6, 6.07) is 4.04. The number of nitrogens with zero attached hydrogens (tertiary/aromatic N) is 2. The highest BCUT2D eigenvalue weighted by atomic mass is 16.3. The zero-order valence-corrected chi connectivity index (χ0v) is 11.2. The van der Waals surface area contributed by atoms with E-state index in [0.717, 1.165) is 16.8 Å². The average molecular weight is 232 g/mol. The lowest BCUT2D eigenvalue weighted by Crippen LogP contribution is -2.18. The molecule has 0 amide bonds. The molecule has 0 saturated carbocycles. The molecule has 1 N–H and O–H groups in total. The summed E-state index contributed by atoms with van der Waals surface area (Å²) in [5.41, 5.74) is 3.47. The first-order valence-corrected chi connectivity index (χ1v) is 6.02. The fraction of sp³-hybridized carbons (Fsp3) is 0.500. The zero-order chi connectivity index (χ0) is 12.8. The quantitative estimate of drug-likeness (QED) is 0.864. The van der Waals surface area contributed by atoms with E-state index < -0.39 is 5.60 Å². The summed E-state index contributed by atoms with van der Waals surface area (Å²) < 4.78 is 1.92. The van der Waals surface area contributed by atoms with Crippen molar-refractivity contribution in [2.45, 2.75) is 46.1 Å². The minimum absolute atomic E-state index is 0.458. The number of hydrogen-bond acceptors (Lipinski definition) is 2. The Morgan fingerprint density at radius 1 is 1.29 bits per heavy atom. The largest absolute Gasteiger partial charge is 0.386 e. The van der Waals surface area contributed by atoms with Gasteiger partial charge in [0.15, 0.2) is 0 Å². The third-order valence-corrected chi connectivity index (χ3v) is 3.23. The van der Waals surface area contributed by atoms with Crippen LogP contribution in [0.4, 0.5) is 0 Å². The van der Waals surface area contributed by atoms with Crippen molar-refractivity contribution < 1.29 is 5.11 Å². The highest BCUT2D eigenvalue weighted by Gasteiger charge is 2.21. The molecule has 0 unspecified atom stereocenters. The van der Waals surface area contributed by atoms with Crippen molar-refractivity contribution >= 4 is 5.52 Å². The Morgan fingerprint density at radius 2 is 1.94 bits per heavy atom. The van der Waals surface area contributed by atoms with Crippen molar-refractivity contribution in [2.75, 3.05) is 0 Å². The molecule has 3 heteroatoms. The van der Waals surface area contributed by atoms with E-state index in [1.807, 2.05) is 29.8 Å². The van der Waals surface area contributed by atoms with Gasteiger partial charge in [0, 0.05) is 16.8 Å². The summed E-state index contributed by atoms with van der Waals surface area (Å²) in [6.45, 7) is 9.92. The first kappa shape index (κ1) is 12.1. The first-order valence-electron chi connectivity index (χ1n) is 6.02. The Morgan fingerprint density at radius 3 is 2.47 bits per heavy atom. The predicted molar refractivity (Wildman–Crippen MR) is 69.3 cm³/mol. The van der Waals surface area contributed by atoms with Gasteiger partial charge in [0.1, 0.15) is 0 Å². The van der Waals surface area contributed by atoms with E-state index in [4.69, 9.17) is 0 Å². The predicted octanol–water partition coefficient (Wildman–Crippen LogP) is 2.99. The molecule has 2 aromatic heterocycles. The topological polar surface area (TPSA) is 37.5 Å². The molecule has 0 aliphatic carbocycles. The van der Waals surface area contributed by atoms with Gasteiger partial charge in [0.2, 0.25) is 0 Å². The van der Waals surface area contributed by atoms with Crippen LogP contribution in [0.1, 0.15) is 50.4 Å². The van der Waals surface area contributed by atoms with Gasteiger partial charge in [-0.05, 0) is 32.8 Å². The molecule has 17 heavy (non-hydrogen) atoms. The van der Waals surface area contributed by atoms with Crippen molar-refractivity contribution in [3.05, 3.63) is 35.2 Å². The van der Waals surface area contributed by atoms with E-state index in [0.29, 0.717) is 5.92 Å². The molecule has 0 saturated heterocycles. The smallest absolute Gasteiger partial charge is 0.0858 e. The third-order valence-electron chi connectivity index (χ3n) is 3.23. The maximum atomic E-state index is 10.1. The van der Waals surface area contributed by atoms with Gasteiger partial charge >= 0.3 is 0 Å². The fourth-order valence-corrected chi connectivity index (χ4v) is 2.29. The SMILES string of the molecule is Cc1c(C(C)(C)O)ccc2c(C(C)C)cnn12. The monoisotopic (exact) mass is 232 g/mol. The van der Waals surface area contributed by atoms with E-state index >= 15 is 0 Å². The molecule has 0 radical (unpaired) electrons. The third kappa shape index (κ3) is 1.95. The van der Waals surface area contributed by atoms with Gasteiger partial charge in [-0.2, -0.15) is 5.10 Å². The first-order chi connectivity index (χ1) is 7.82. The normalized spacial score (nSPS) is 12.6. The number of aryl methyl sites for hydroxylation is 1. The van der Waals surface area contributed by atoms with Crippen LogP contribution in [0.25, 0.3) is 5.52 Å². The van der Waals surface area contributed by atoms with Gasteiger partial charge in [-0.3, -0.25) is 0 Å². The second kappa shape index (κ2) is 3.84. The molecule has 0 fully saturated rings. The van der Waals surface area contributed by atoms with Gasteiger partial charge in [0.05, 0.1) is 17.3 Å². The van der Waals surface area contributed by atoms with E-state index in [2.05, 4.69) is 18.9 Å². The van der Waals surface area contributed by atoms with Gasteiger partial charge in [-0.25, -0.2) is 4.52 Å². The summed E-state index contributed by atoms with van der Waals surface area (Å²) in [5, 5.41) is 14.5. The van der Waals surface area contributed by atoms with E-state index in [-0.39, 0.29) is 0 Å². The molecule has 0 spiro atoms. The van der Waals surface area contributed by atoms with Crippen LogP contribution in [0, 0.1) is 6.92 Å². The highest BCUT2D eigenvalue weighted by molar-refractivity contribution is 5.57. The minimum atomic E-state index is -0.831. The van der Waals surface area contributed by atoms with Gasteiger partial charge in [0.25, 0.3) is 0 Å². The number of fused-ring (bicyclic) bond motifs is 1. The highest BCUT2D eigenvalue weighted by Crippen LogP contribution is 2.27. The Labute approximate surface area is 102 Å². The van der Waals surface area contributed by atoms with Crippen LogP contribution in [-0.2, 0) is 5.60 Å². The fourth-order valence-electron chi connectivity index (χ4n) is 2.29.